The second-order valence-corrected chi connectivity index (χ2v) is 6.48. The molecule has 7 heteroatoms. The van der Waals surface area contributed by atoms with E-state index in [1.807, 2.05) is 13.1 Å². The summed E-state index contributed by atoms with van der Waals surface area (Å²) in [5, 5.41) is 5.72. The molecule has 0 saturated carbocycles. The number of hydrogen-bond donors (Lipinski definition) is 2. The van der Waals surface area contributed by atoms with E-state index in [-0.39, 0.29) is 11.8 Å². The van der Waals surface area contributed by atoms with Crippen molar-refractivity contribution >= 4 is 11.8 Å². The van der Waals surface area contributed by atoms with E-state index in [0.29, 0.717) is 26.1 Å². The minimum Gasteiger partial charge on any atom is -0.354 e. The van der Waals surface area contributed by atoms with Crippen molar-refractivity contribution in [2.45, 2.75) is 51.6 Å². The molecule has 3 heterocycles. The maximum Gasteiger partial charge on any atom is 0.242 e. The van der Waals surface area contributed by atoms with Gasteiger partial charge in [0.25, 0.3) is 0 Å². The Morgan fingerprint density at radius 3 is 3.17 bits per heavy atom. The predicted molar refractivity (Wildman–Crippen MR) is 89.2 cm³/mol. The molecule has 2 amide bonds. The lowest BCUT2D eigenvalue weighted by molar-refractivity contribution is -0.129. The topological polar surface area (TPSA) is 87.2 Å². The smallest absolute Gasteiger partial charge is 0.242 e. The quantitative estimate of drug-likeness (QED) is 0.822. The van der Waals surface area contributed by atoms with Crippen LogP contribution in [0.1, 0.15) is 43.3 Å². The van der Waals surface area contributed by atoms with Crippen LogP contribution in [0.2, 0.25) is 0 Å². The predicted octanol–water partition coefficient (Wildman–Crippen LogP) is 0.182. The van der Waals surface area contributed by atoms with E-state index in [1.54, 1.807) is 0 Å². The van der Waals surface area contributed by atoms with E-state index in [2.05, 4.69) is 25.5 Å². The molecule has 2 aliphatic rings. The van der Waals surface area contributed by atoms with Gasteiger partial charge in [0.15, 0.2) is 0 Å². The highest BCUT2D eigenvalue weighted by Gasteiger charge is 2.25. The highest BCUT2D eigenvalue weighted by molar-refractivity contribution is 5.88. The van der Waals surface area contributed by atoms with E-state index < -0.39 is 6.04 Å². The molecule has 3 rings (SSSR count). The third-order valence-electron chi connectivity index (χ3n) is 4.63. The van der Waals surface area contributed by atoms with E-state index in [1.165, 1.54) is 5.56 Å². The van der Waals surface area contributed by atoms with Crippen LogP contribution in [0.3, 0.4) is 0 Å². The third-order valence-corrected chi connectivity index (χ3v) is 4.63. The highest BCUT2D eigenvalue weighted by atomic mass is 16.2. The van der Waals surface area contributed by atoms with Crippen LogP contribution >= 0.6 is 0 Å². The molecule has 1 atom stereocenters. The van der Waals surface area contributed by atoms with Crippen LogP contribution in [0.25, 0.3) is 0 Å². The molecule has 7 nitrogen and oxygen atoms in total. The molecule has 0 radical (unpaired) electrons. The van der Waals surface area contributed by atoms with Gasteiger partial charge in [0.1, 0.15) is 11.9 Å². The van der Waals surface area contributed by atoms with Gasteiger partial charge in [-0.05, 0) is 31.2 Å². The maximum atomic E-state index is 12.3. The lowest BCUT2D eigenvalue weighted by atomic mass is 10.1. The van der Waals surface area contributed by atoms with Gasteiger partial charge in [-0.3, -0.25) is 14.5 Å². The third kappa shape index (κ3) is 4.08. The largest absolute Gasteiger partial charge is 0.354 e. The summed E-state index contributed by atoms with van der Waals surface area (Å²) in [4.78, 5) is 35.2. The zero-order valence-corrected chi connectivity index (χ0v) is 14.2. The number of aromatic nitrogens is 2. The molecule has 1 aromatic heterocycles. The Bertz CT molecular complexity index is 619. The summed E-state index contributed by atoms with van der Waals surface area (Å²) in [7, 11) is 0. The van der Waals surface area contributed by atoms with Crippen LogP contribution in [0.4, 0.5) is 0 Å². The monoisotopic (exact) mass is 331 g/mol. The number of rotatable bonds is 4. The van der Waals surface area contributed by atoms with Gasteiger partial charge >= 0.3 is 0 Å². The molecule has 2 N–H and O–H groups in total. The number of fused-ring (bicyclic) bond motifs is 1. The molecule has 2 aliphatic heterocycles. The van der Waals surface area contributed by atoms with Crippen molar-refractivity contribution in [3.05, 3.63) is 23.3 Å². The van der Waals surface area contributed by atoms with Crippen LogP contribution in [-0.4, -0.2) is 52.4 Å². The lowest BCUT2D eigenvalue weighted by Gasteiger charge is -2.28. The molecular formula is C17H25N5O2. The summed E-state index contributed by atoms with van der Waals surface area (Å²) in [6, 6.07) is -0.397. The second-order valence-electron chi connectivity index (χ2n) is 6.48. The van der Waals surface area contributed by atoms with Gasteiger partial charge in [0.2, 0.25) is 11.8 Å². The van der Waals surface area contributed by atoms with Gasteiger partial charge in [0.05, 0.1) is 12.2 Å². The van der Waals surface area contributed by atoms with Gasteiger partial charge in [-0.15, -0.1) is 0 Å². The molecule has 0 aromatic carbocycles. The molecule has 1 fully saturated rings. The Hall–Kier alpha value is -2.02. The second kappa shape index (κ2) is 7.70. The van der Waals surface area contributed by atoms with Crippen LogP contribution in [0.5, 0.6) is 0 Å². The number of carbonyl (C=O) groups excluding carboxylic acids is 2. The summed E-state index contributed by atoms with van der Waals surface area (Å²) in [5.74, 6) is 0.686. The Balaban J connectivity index is 1.56. The van der Waals surface area contributed by atoms with Gasteiger partial charge in [-0.1, -0.05) is 6.92 Å². The normalized spacial score (nSPS) is 21.5. The number of nitrogens with one attached hydrogen (secondary N) is 2. The van der Waals surface area contributed by atoms with Crippen molar-refractivity contribution in [1.82, 2.24) is 25.5 Å². The van der Waals surface area contributed by atoms with Crippen molar-refractivity contribution in [3.63, 3.8) is 0 Å². The molecule has 0 aliphatic carbocycles. The first kappa shape index (κ1) is 16.8. The standard InChI is InChI=1S/C17H25N5O2/c1-2-15-19-9-12-6-8-22(10-14(12)20-15)11-16(23)21-13-5-3-4-7-18-17(13)24/h9,13H,2-8,10-11H2,1H3,(H,18,24)(H,21,23)/t13-/m0/s1. The fraction of sp³-hybridized carbons (Fsp3) is 0.647. The number of nitrogens with zero attached hydrogens (tertiary/aromatic N) is 3. The molecule has 24 heavy (non-hydrogen) atoms. The first-order valence-electron chi connectivity index (χ1n) is 8.79. The van der Waals surface area contributed by atoms with Gasteiger partial charge in [-0.2, -0.15) is 0 Å². The number of amides is 2. The first-order valence-corrected chi connectivity index (χ1v) is 8.79. The Morgan fingerprint density at radius 2 is 2.33 bits per heavy atom. The van der Waals surface area contributed by atoms with Crippen LogP contribution < -0.4 is 10.6 Å². The number of carbonyl (C=O) groups is 2. The summed E-state index contributed by atoms with van der Waals surface area (Å²) in [6.45, 7) is 4.51. The minimum absolute atomic E-state index is 0.0647. The summed E-state index contributed by atoms with van der Waals surface area (Å²) < 4.78 is 0. The molecule has 0 unspecified atom stereocenters. The van der Waals surface area contributed by atoms with Crippen molar-refractivity contribution in [1.29, 1.82) is 0 Å². The van der Waals surface area contributed by atoms with Crippen LogP contribution in [0.15, 0.2) is 6.20 Å². The van der Waals surface area contributed by atoms with Gasteiger partial charge < -0.3 is 10.6 Å². The van der Waals surface area contributed by atoms with Crippen molar-refractivity contribution in [2.24, 2.45) is 0 Å². The van der Waals surface area contributed by atoms with E-state index in [9.17, 15) is 9.59 Å². The maximum absolute atomic E-state index is 12.3. The molecule has 130 valence electrons. The minimum atomic E-state index is -0.397. The van der Waals surface area contributed by atoms with Crippen molar-refractivity contribution in [2.75, 3.05) is 19.6 Å². The van der Waals surface area contributed by atoms with Crippen molar-refractivity contribution < 1.29 is 9.59 Å². The number of hydrogen-bond acceptors (Lipinski definition) is 5. The summed E-state index contributed by atoms with van der Waals surface area (Å²) in [5.41, 5.74) is 2.19. The first-order chi connectivity index (χ1) is 11.7. The van der Waals surface area contributed by atoms with Crippen LogP contribution in [0, 0.1) is 0 Å². The Morgan fingerprint density at radius 1 is 1.46 bits per heavy atom. The molecule has 0 bridgehead atoms. The SMILES string of the molecule is CCc1ncc2c(n1)CN(CC(=O)N[C@H]1CCCCNC1=O)CC2. The lowest BCUT2D eigenvalue weighted by Crippen LogP contribution is -2.49. The van der Waals surface area contributed by atoms with E-state index in [0.717, 1.165) is 43.7 Å². The Kier molecular flexibility index (Phi) is 5.40. The molecule has 1 saturated heterocycles. The number of aryl methyl sites for hydroxylation is 1. The van der Waals surface area contributed by atoms with Gasteiger partial charge in [0, 0.05) is 32.3 Å². The average Bonchev–Trinajstić information content (AvgIpc) is 2.79. The Labute approximate surface area is 142 Å². The fourth-order valence-corrected chi connectivity index (χ4v) is 3.22. The van der Waals surface area contributed by atoms with Crippen molar-refractivity contribution in [3.8, 4) is 0 Å². The van der Waals surface area contributed by atoms with E-state index in [4.69, 9.17) is 0 Å². The fourth-order valence-electron chi connectivity index (χ4n) is 3.22. The highest BCUT2D eigenvalue weighted by Crippen LogP contribution is 2.16. The molecule has 0 spiro atoms. The zero-order valence-electron chi connectivity index (χ0n) is 14.2. The molecule has 1 aromatic rings. The van der Waals surface area contributed by atoms with Crippen LogP contribution in [-0.2, 0) is 29.0 Å². The average molecular weight is 331 g/mol. The summed E-state index contributed by atoms with van der Waals surface area (Å²) >= 11 is 0. The van der Waals surface area contributed by atoms with Gasteiger partial charge in [-0.25, -0.2) is 9.97 Å². The zero-order chi connectivity index (χ0) is 16.9. The molecular weight excluding hydrogens is 306 g/mol. The summed E-state index contributed by atoms with van der Waals surface area (Å²) in [6.07, 6.45) is 6.22. The van der Waals surface area contributed by atoms with E-state index >= 15 is 0 Å².